The van der Waals surface area contributed by atoms with Gasteiger partial charge in [-0.15, -0.1) is 0 Å². The van der Waals surface area contributed by atoms with Crippen LogP contribution in [-0.4, -0.2) is 9.78 Å². The Hall–Kier alpha value is -0.200. The van der Waals surface area contributed by atoms with Crippen LogP contribution in [0.1, 0.15) is 32.0 Å². The Morgan fingerprint density at radius 1 is 1.50 bits per heavy atom. The first-order valence-electron chi connectivity index (χ1n) is 3.55. The third-order valence-corrected chi connectivity index (χ3v) is 2.28. The molecule has 1 heterocycles. The molecule has 0 aliphatic rings. The first kappa shape index (κ1) is 9.88. The Morgan fingerprint density at radius 2 is 2.08 bits per heavy atom. The normalized spacial score (nSPS) is 11.6. The summed E-state index contributed by atoms with van der Waals surface area (Å²) in [6.07, 6.45) is -0.843. The fourth-order valence-corrected chi connectivity index (χ4v) is 1.42. The summed E-state index contributed by atoms with van der Waals surface area (Å²) in [4.78, 5) is 0. The maximum atomic E-state index is 12.2. The molecule has 0 aromatic carbocycles. The SMILES string of the molecule is CC(C)n1cc(I)c(C(F)F)n1. The van der Waals surface area contributed by atoms with E-state index >= 15 is 0 Å². The Labute approximate surface area is 83.1 Å². The van der Waals surface area contributed by atoms with Gasteiger partial charge in [0.1, 0.15) is 5.69 Å². The van der Waals surface area contributed by atoms with Gasteiger partial charge in [0.15, 0.2) is 0 Å². The van der Waals surface area contributed by atoms with Crippen molar-refractivity contribution in [3.63, 3.8) is 0 Å². The van der Waals surface area contributed by atoms with Gasteiger partial charge in [-0.25, -0.2) is 8.78 Å². The van der Waals surface area contributed by atoms with Crippen LogP contribution in [0.15, 0.2) is 6.20 Å². The highest BCUT2D eigenvalue weighted by atomic mass is 127. The molecule has 0 bridgehead atoms. The van der Waals surface area contributed by atoms with Crippen molar-refractivity contribution in [2.45, 2.75) is 26.3 Å². The lowest BCUT2D eigenvalue weighted by atomic mass is 10.4. The van der Waals surface area contributed by atoms with E-state index in [9.17, 15) is 8.78 Å². The zero-order chi connectivity index (χ0) is 9.30. The van der Waals surface area contributed by atoms with Crippen LogP contribution in [0.4, 0.5) is 8.78 Å². The third kappa shape index (κ3) is 1.94. The summed E-state index contributed by atoms with van der Waals surface area (Å²) in [5.41, 5.74) is -0.121. The monoisotopic (exact) mass is 286 g/mol. The number of nitrogens with zero attached hydrogens (tertiary/aromatic N) is 2. The molecule has 68 valence electrons. The fourth-order valence-electron chi connectivity index (χ4n) is 0.796. The molecular formula is C7H9F2IN2. The van der Waals surface area contributed by atoms with Crippen molar-refractivity contribution < 1.29 is 8.78 Å². The number of hydrogen-bond donors (Lipinski definition) is 0. The van der Waals surface area contributed by atoms with Crippen molar-refractivity contribution in [1.82, 2.24) is 9.78 Å². The van der Waals surface area contributed by atoms with Gasteiger partial charge in [-0.05, 0) is 36.4 Å². The topological polar surface area (TPSA) is 17.8 Å². The minimum absolute atomic E-state index is 0.121. The largest absolute Gasteiger partial charge is 0.283 e. The molecule has 0 atom stereocenters. The van der Waals surface area contributed by atoms with Crippen molar-refractivity contribution in [1.29, 1.82) is 0 Å². The summed E-state index contributed by atoms with van der Waals surface area (Å²) in [7, 11) is 0. The molecule has 0 N–H and O–H groups in total. The molecule has 0 radical (unpaired) electrons. The Kier molecular flexibility index (Phi) is 3.03. The molecule has 1 rings (SSSR count). The number of halogens is 3. The first-order chi connectivity index (χ1) is 5.52. The summed E-state index contributed by atoms with van der Waals surface area (Å²) in [6, 6.07) is 0.131. The van der Waals surface area contributed by atoms with E-state index in [1.54, 1.807) is 10.9 Å². The van der Waals surface area contributed by atoms with Crippen molar-refractivity contribution in [3.05, 3.63) is 15.5 Å². The molecule has 1 aromatic rings. The molecule has 0 fully saturated rings. The van der Waals surface area contributed by atoms with Crippen molar-refractivity contribution in [3.8, 4) is 0 Å². The molecule has 5 heteroatoms. The van der Waals surface area contributed by atoms with Crippen LogP contribution in [0.3, 0.4) is 0 Å². The average Bonchev–Trinajstić information content (AvgIpc) is 2.30. The lowest BCUT2D eigenvalue weighted by Gasteiger charge is -2.02. The molecular weight excluding hydrogens is 277 g/mol. The van der Waals surface area contributed by atoms with Crippen LogP contribution in [-0.2, 0) is 0 Å². The number of alkyl halides is 2. The molecule has 2 nitrogen and oxygen atoms in total. The molecule has 1 aromatic heterocycles. The van der Waals surface area contributed by atoms with Crippen LogP contribution >= 0.6 is 22.6 Å². The van der Waals surface area contributed by atoms with Crippen molar-refractivity contribution in [2.24, 2.45) is 0 Å². The molecule has 0 saturated carbocycles. The number of hydrogen-bond acceptors (Lipinski definition) is 1. The predicted molar refractivity (Wildman–Crippen MR) is 50.3 cm³/mol. The summed E-state index contributed by atoms with van der Waals surface area (Å²) in [6.45, 7) is 3.80. The van der Waals surface area contributed by atoms with E-state index in [4.69, 9.17) is 0 Å². The first-order valence-corrected chi connectivity index (χ1v) is 4.63. The van der Waals surface area contributed by atoms with E-state index in [1.165, 1.54) is 0 Å². The Bertz CT molecular complexity index is 270. The minimum Gasteiger partial charge on any atom is -0.269 e. The second kappa shape index (κ2) is 3.68. The number of rotatable bonds is 2. The van der Waals surface area contributed by atoms with Crippen LogP contribution in [0.25, 0.3) is 0 Å². The summed E-state index contributed by atoms with van der Waals surface area (Å²) < 4.78 is 26.5. The van der Waals surface area contributed by atoms with E-state index in [0.29, 0.717) is 3.57 Å². The van der Waals surface area contributed by atoms with E-state index in [0.717, 1.165) is 0 Å². The molecule has 0 spiro atoms. The quantitative estimate of drug-likeness (QED) is 0.764. The molecule has 0 aliphatic carbocycles. The van der Waals surface area contributed by atoms with Gasteiger partial charge in [0.05, 0.1) is 3.57 Å². The van der Waals surface area contributed by atoms with Gasteiger partial charge in [0, 0.05) is 12.2 Å². The zero-order valence-corrected chi connectivity index (χ0v) is 8.92. The average molecular weight is 286 g/mol. The highest BCUT2D eigenvalue weighted by molar-refractivity contribution is 14.1. The van der Waals surface area contributed by atoms with Gasteiger partial charge in [0.2, 0.25) is 0 Å². The van der Waals surface area contributed by atoms with Crippen LogP contribution < -0.4 is 0 Å². The van der Waals surface area contributed by atoms with Gasteiger partial charge >= 0.3 is 0 Å². The van der Waals surface area contributed by atoms with Crippen molar-refractivity contribution >= 4 is 22.6 Å². The summed E-state index contributed by atoms with van der Waals surface area (Å²) >= 11 is 1.87. The second-order valence-electron chi connectivity index (χ2n) is 2.74. The van der Waals surface area contributed by atoms with Crippen LogP contribution in [0, 0.1) is 3.57 Å². The lowest BCUT2D eigenvalue weighted by Crippen LogP contribution is -2.01. The highest BCUT2D eigenvalue weighted by Crippen LogP contribution is 2.23. The van der Waals surface area contributed by atoms with E-state index in [-0.39, 0.29) is 11.7 Å². The van der Waals surface area contributed by atoms with Gasteiger partial charge in [-0.3, -0.25) is 4.68 Å². The Balaban J connectivity index is 3.00. The smallest absolute Gasteiger partial charge is 0.269 e. The maximum absolute atomic E-state index is 12.2. The Morgan fingerprint density at radius 3 is 2.33 bits per heavy atom. The summed E-state index contributed by atoms with van der Waals surface area (Å²) in [5, 5.41) is 3.77. The van der Waals surface area contributed by atoms with Crippen molar-refractivity contribution in [2.75, 3.05) is 0 Å². The molecule has 0 unspecified atom stereocenters. The van der Waals surface area contributed by atoms with Crippen LogP contribution in [0.2, 0.25) is 0 Å². The maximum Gasteiger partial charge on any atom is 0.283 e. The number of aromatic nitrogens is 2. The summed E-state index contributed by atoms with van der Waals surface area (Å²) in [5.74, 6) is 0. The molecule has 12 heavy (non-hydrogen) atoms. The van der Waals surface area contributed by atoms with E-state index < -0.39 is 6.43 Å². The lowest BCUT2D eigenvalue weighted by molar-refractivity contribution is 0.144. The standard InChI is InChI=1S/C7H9F2IN2/c1-4(2)12-3-5(10)6(11-12)7(8)9/h3-4,7H,1-2H3. The van der Waals surface area contributed by atoms with Gasteiger partial charge in [-0.2, -0.15) is 5.10 Å². The van der Waals surface area contributed by atoms with Gasteiger partial charge < -0.3 is 0 Å². The minimum atomic E-state index is -2.48. The van der Waals surface area contributed by atoms with E-state index in [1.807, 2.05) is 36.4 Å². The fraction of sp³-hybridized carbons (Fsp3) is 0.571. The third-order valence-electron chi connectivity index (χ3n) is 1.45. The van der Waals surface area contributed by atoms with Crippen LogP contribution in [0.5, 0.6) is 0 Å². The molecule has 0 amide bonds. The van der Waals surface area contributed by atoms with Gasteiger partial charge in [0.25, 0.3) is 6.43 Å². The highest BCUT2D eigenvalue weighted by Gasteiger charge is 2.16. The van der Waals surface area contributed by atoms with E-state index in [2.05, 4.69) is 5.10 Å². The molecule has 0 saturated heterocycles. The predicted octanol–water partition coefficient (Wildman–Crippen LogP) is 3.01. The molecule has 0 aliphatic heterocycles. The van der Waals surface area contributed by atoms with Gasteiger partial charge in [-0.1, -0.05) is 0 Å². The second-order valence-corrected chi connectivity index (χ2v) is 3.90. The zero-order valence-electron chi connectivity index (χ0n) is 6.76.